The normalized spacial score (nSPS) is 10.2. The number of aryl methyl sites for hydroxylation is 2. The van der Waals surface area contributed by atoms with Crippen molar-refractivity contribution in [3.8, 4) is 5.75 Å². The van der Waals surface area contributed by atoms with Crippen LogP contribution in [-0.2, 0) is 6.61 Å². The zero-order valence-electron chi connectivity index (χ0n) is 12.2. The molecule has 0 saturated heterocycles. The molecule has 0 amide bonds. The van der Waals surface area contributed by atoms with Crippen LogP contribution in [0.15, 0.2) is 30.5 Å². The molecule has 1 heterocycles. The highest BCUT2D eigenvalue weighted by molar-refractivity contribution is 5.49. The molecular formula is C15H17N3O3. The Morgan fingerprint density at radius 1 is 1.29 bits per heavy atom. The minimum Gasteiger partial charge on any atom is -0.489 e. The Bertz CT molecular complexity index is 654. The average molecular weight is 287 g/mol. The van der Waals surface area contributed by atoms with Crippen molar-refractivity contribution < 1.29 is 9.66 Å². The van der Waals surface area contributed by atoms with Gasteiger partial charge in [0.25, 0.3) is 5.69 Å². The third-order valence-electron chi connectivity index (χ3n) is 3.17. The van der Waals surface area contributed by atoms with Gasteiger partial charge in [0.05, 0.1) is 4.92 Å². The molecule has 21 heavy (non-hydrogen) atoms. The van der Waals surface area contributed by atoms with Gasteiger partial charge in [0.15, 0.2) is 0 Å². The Kier molecular flexibility index (Phi) is 4.37. The number of hydrogen-bond acceptors (Lipinski definition) is 5. The van der Waals surface area contributed by atoms with Gasteiger partial charge in [0.2, 0.25) is 0 Å². The van der Waals surface area contributed by atoms with Crippen LogP contribution in [0.3, 0.4) is 0 Å². The fourth-order valence-corrected chi connectivity index (χ4v) is 1.95. The van der Waals surface area contributed by atoms with E-state index in [9.17, 15) is 10.1 Å². The molecule has 0 bridgehead atoms. The molecule has 6 heteroatoms. The number of anilines is 1. The molecule has 0 aliphatic carbocycles. The maximum atomic E-state index is 10.9. The Hall–Kier alpha value is -2.63. The number of benzene rings is 1. The molecule has 2 rings (SSSR count). The quantitative estimate of drug-likeness (QED) is 0.674. The highest BCUT2D eigenvalue weighted by Crippen LogP contribution is 2.28. The largest absolute Gasteiger partial charge is 0.489 e. The van der Waals surface area contributed by atoms with Crippen LogP contribution in [0.1, 0.15) is 16.7 Å². The topological polar surface area (TPSA) is 77.3 Å². The first-order valence-electron chi connectivity index (χ1n) is 6.52. The maximum absolute atomic E-state index is 10.9. The van der Waals surface area contributed by atoms with Crippen LogP contribution in [0.4, 0.5) is 11.5 Å². The van der Waals surface area contributed by atoms with Crippen molar-refractivity contribution in [2.24, 2.45) is 0 Å². The SMILES string of the molecule is CNc1ccc(COc2cc(C)c([N+](=O)[O-])cc2C)cn1. The first kappa shape index (κ1) is 14.8. The molecule has 0 atom stereocenters. The molecule has 1 aromatic carbocycles. The van der Waals surface area contributed by atoms with Gasteiger partial charge in [-0.2, -0.15) is 0 Å². The second kappa shape index (κ2) is 6.21. The van der Waals surface area contributed by atoms with Crippen molar-refractivity contribution in [2.45, 2.75) is 20.5 Å². The molecule has 0 spiro atoms. The Labute approximate surface area is 122 Å². The van der Waals surface area contributed by atoms with E-state index in [2.05, 4.69) is 10.3 Å². The Balaban J connectivity index is 2.12. The van der Waals surface area contributed by atoms with Crippen molar-refractivity contribution in [2.75, 3.05) is 12.4 Å². The van der Waals surface area contributed by atoms with E-state index >= 15 is 0 Å². The third-order valence-corrected chi connectivity index (χ3v) is 3.17. The fourth-order valence-electron chi connectivity index (χ4n) is 1.95. The van der Waals surface area contributed by atoms with E-state index in [1.54, 1.807) is 26.1 Å². The Morgan fingerprint density at radius 3 is 2.62 bits per heavy atom. The van der Waals surface area contributed by atoms with Crippen LogP contribution < -0.4 is 10.1 Å². The van der Waals surface area contributed by atoms with E-state index in [-0.39, 0.29) is 10.6 Å². The molecule has 2 aromatic rings. The first-order valence-corrected chi connectivity index (χ1v) is 6.52. The first-order chi connectivity index (χ1) is 10.0. The highest BCUT2D eigenvalue weighted by atomic mass is 16.6. The van der Waals surface area contributed by atoms with Gasteiger partial charge >= 0.3 is 0 Å². The summed E-state index contributed by atoms with van der Waals surface area (Å²) in [5, 5.41) is 13.8. The standard InChI is InChI=1S/C15H17N3O3/c1-10-7-14(11(2)6-13(10)18(19)20)21-9-12-4-5-15(16-3)17-8-12/h4-8H,9H2,1-3H3,(H,16,17). The summed E-state index contributed by atoms with van der Waals surface area (Å²) in [7, 11) is 1.81. The molecule has 1 N–H and O–H groups in total. The number of nitro benzene ring substituents is 1. The molecule has 1 aromatic heterocycles. The van der Waals surface area contributed by atoms with Crippen LogP contribution >= 0.6 is 0 Å². The number of hydrogen-bond donors (Lipinski definition) is 1. The number of nitro groups is 1. The van der Waals surface area contributed by atoms with Crippen molar-refractivity contribution in [1.82, 2.24) is 4.98 Å². The van der Waals surface area contributed by atoms with Gasteiger partial charge in [-0.25, -0.2) is 4.98 Å². The van der Waals surface area contributed by atoms with Crippen LogP contribution in [0.5, 0.6) is 5.75 Å². The van der Waals surface area contributed by atoms with Crippen LogP contribution in [0, 0.1) is 24.0 Å². The van der Waals surface area contributed by atoms with E-state index in [0.29, 0.717) is 17.9 Å². The predicted molar refractivity (Wildman–Crippen MR) is 80.7 cm³/mol. The lowest BCUT2D eigenvalue weighted by Gasteiger charge is -2.10. The summed E-state index contributed by atoms with van der Waals surface area (Å²) in [6.45, 7) is 3.87. The van der Waals surface area contributed by atoms with Gasteiger partial charge in [-0.15, -0.1) is 0 Å². The minimum atomic E-state index is -0.382. The second-order valence-corrected chi connectivity index (χ2v) is 4.75. The van der Waals surface area contributed by atoms with Crippen molar-refractivity contribution in [3.05, 3.63) is 57.3 Å². The van der Waals surface area contributed by atoms with Gasteiger partial charge in [0.1, 0.15) is 18.2 Å². The van der Waals surface area contributed by atoms with E-state index < -0.39 is 0 Å². The van der Waals surface area contributed by atoms with E-state index in [1.165, 1.54) is 6.07 Å². The average Bonchev–Trinajstić information content (AvgIpc) is 2.48. The summed E-state index contributed by atoms with van der Waals surface area (Å²) in [6, 6.07) is 7.02. The molecule has 110 valence electrons. The van der Waals surface area contributed by atoms with Crippen LogP contribution in [0.25, 0.3) is 0 Å². The zero-order valence-corrected chi connectivity index (χ0v) is 12.2. The summed E-state index contributed by atoms with van der Waals surface area (Å²) in [5.74, 6) is 1.44. The molecule has 6 nitrogen and oxygen atoms in total. The van der Waals surface area contributed by atoms with Crippen molar-refractivity contribution in [3.63, 3.8) is 0 Å². The lowest BCUT2D eigenvalue weighted by Crippen LogP contribution is -2.00. The van der Waals surface area contributed by atoms with Gasteiger partial charge in [0, 0.05) is 30.4 Å². The molecule has 0 radical (unpaired) electrons. The monoisotopic (exact) mass is 287 g/mol. The van der Waals surface area contributed by atoms with Crippen LogP contribution in [-0.4, -0.2) is 17.0 Å². The number of pyridine rings is 1. The second-order valence-electron chi connectivity index (χ2n) is 4.75. The summed E-state index contributed by atoms with van der Waals surface area (Å²) in [5.41, 5.74) is 2.38. The van der Waals surface area contributed by atoms with Gasteiger partial charge in [-0.05, 0) is 31.5 Å². The number of nitrogens with one attached hydrogen (secondary N) is 1. The number of rotatable bonds is 5. The van der Waals surface area contributed by atoms with Crippen molar-refractivity contribution >= 4 is 11.5 Å². The molecule has 0 fully saturated rings. The van der Waals surface area contributed by atoms with Gasteiger partial charge in [-0.3, -0.25) is 10.1 Å². The smallest absolute Gasteiger partial charge is 0.272 e. The molecule has 0 unspecified atom stereocenters. The maximum Gasteiger partial charge on any atom is 0.272 e. The summed E-state index contributed by atoms with van der Waals surface area (Å²) in [4.78, 5) is 14.7. The molecule has 0 saturated carbocycles. The number of nitrogens with zero attached hydrogens (tertiary/aromatic N) is 2. The number of aromatic nitrogens is 1. The number of ether oxygens (including phenoxy) is 1. The minimum absolute atomic E-state index is 0.111. The zero-order chi connectivity index (χ0) is 15.4. The highest BCUT2D eigenvalue weighted by Gasteiger charge is 2.14. The summed E-state index contributed by atoms with van der Waals surface area (Å²) in [6.07, 6.45) is 1.74. The third kappa shape index (κ3) is 3.47. The van der Waals surface area contributed by atoms with E-state index in [4.69, 9.17) is 4.74 Å². The molecule has 0 aliphatic rings. The Morgan fingerprint density at radius 2 is 2.05 bits per heavy atom. The fraction of sp³-hybridized carbons (Fsp3) is 0.267. The van der Waals surface area contributed by atoms with Gasteiger partial charge < -0.3 is 10.1 Å². The van der Waals surface area contributed by atoms with E-state index in [0.717, 1.165) is 16.9 Å². The lowest BCUT2D eigenvalue weighted by atomic mass is 10.1. The van der Waals surface area contributed by atoms with E-state index in [1.807, 2.05) is 19.2 Å². The van der Waals surface area contributed by atoms with Crippen LogP contribution in [0.2, 0.25) is 0 Å². The van der Waals surface area contributed by atoms with Gasteiger partial charge in [-0.1, -0.05) is 6.07 Å². The lowest BCUT2D eigenvalue weighted by molar-refractivity contribution is -0.385. The molecular weight excluding hydrogens is 270 g/mol. The summed E-state index contributed by atoms with van der Waals surface area (Å²) >= 11 is 0. The summed E-state index contributed by atoms with van der Waals surface area (Å²) < 4.78 is 5.73. The molecule has 0 aliphatic heterocycles. The predicted octanol–water partition coefficient (Wildman–Crippen LogP) is 3.23. The van der Waals surface area contributed by atoms with Crippen molar-refractivity contribution in [1.29, 1.82) is 0 Å².